The Morgan fingerprint density at radius 3 is 2.42 bits per heavy atom. The lowest BCUT2D eigenvalue weighted by Gasteiger charge is -2.15. The summed E-state index contributed by atoms with van der Waals surface area (Å²) in [6.07, 6.45) is 5.45. The molecule has 19 heavy (non-hydrogen) atoms. The van der Waals surface area contributed by atoms with Crippen molar-refractivity contribution in [2.24, 2.45) is 5.41 Å². The molecule has 1 aromatic rings. The largest absolute Gasteiger partial charge is 0.497 e. The van der Waals surface area contributed by atoms with Gasteiger partial charge in [0.25, 0.3) is 0 Å². The predicted molar refractivity (Wildman–Crippen MR) is 77.9 cm³/mol. The molecule has 1 aliphatic rings. The van der Waals surface area contributed by atoms with Crippen molar-refractivity contribution in [3.63, 3.8) is 0 Å². The van der Waals surface area contributed by atoms with E-state index in [0.717, 1.165) is 24.6 Å². The average Bonchev–Trinajstić information content (AvgIpc) is 3.19. The second kappa shape index (κ2) is 6.80. The molecular formula is C16H25NO2. The number of hydrogen-bond acceptors (Lipinski definition) is 3. The number of methoxy groups -OCH3 is 1. The topological polar surface area (TPSA) is 30.5 Å². The van der Waals surface area contributed by atoms with Crippen LogP contribution in [0.25, 0.3) is 0 Å². The van der Waals surface area contributed by atoms with Crippen LogP contribution in [0, 0.1) is 5.41 Å². The lowest BCUT2D eigenvalue weighted by atomic mass is 10.0. The van der Waals surface area contributed by atoms with Crippen LogP contribution in [0.3, 0.4) is 0 Å². The van der Waals surface area contributed by atoms with E-state index in [1.165, 1.54) is 25.7 Å². The summed E-state index contributed by atoms with van der Waals surface area (Å²) in [5.41, 5.74) is 0.620. The Morgan fingerprint density at radius 1 is 1.16 bits per heavy atom. The Bertz CT molecular complexity index is 371. The fraction of sp³-hybridized carbons (Fsp3) is 0.625. The normalized spacial score (nSPS) is 16.1. The zero-order valence-corrected chi connectivity index (χ0v) is 12.1. The van der Waals surface area contributed by atoms with Gasteiger partial charge < -0.3 is 14.8 Å². The summed E-state index contributed by atoms with van der Waals surface area (Å²) in [7, 11) is 1.67. The van der Waals surface area contributed by atoms with E-state index in [4.69, 9.17) is 9.47 Å². The van der Waals surface area contributed by atoms with Crippen LogP contribution in [0.5, 0.6) is 11.5 Å². The minimum absolute atomic E-state index is 0.620. The van der Waals surface area contributed by atoms with Crippen LogP contribution in [0.15, 0.2) is 24.3 Å². The van der Waals surface area contributed by atoms with Gasteiger partial charge in [-0.25, -0.2) is 0 Å². The molecule has 1 fully saturated rings. The summed E-state index contributed by atoms with van der Waals surface area (Å²) in [4.78, 5) is 0. The van der Waals surface area contributed by atoms with Crippen LogP contribution < -0.4 is 14.8 Å². The molecule has 0 amide bonds. The quantitative estimate of drug-likeness (QED) is 0.694. The van der Waals surface area contributed by atoms with Crippen LogP contribution in [-0.4, -0.2) is 26.8 Å². The molecule has 1 aromatic carbocycles. The van der Waals surface area contributed by atoms with E-state index >= 15 is 0 Å². The van der Waals surface area contributed by atoms with Gasteiger partial charge >= 0.3 is 0 Å². The van der Waals surface area contributed by atoms with Crippen molar-refractivity contribution < 1.29 is 9.47 Å². The van der Waals surface area contributed by atoms with Gasteiger partial charge in [0.05, 0.1) is 7.11 Å². The third-order valence-corrected chi connectivity index (χ3v) is 3.84. The Kier molecular flexibility index (Phi) is 5.08. The predicted octanol–water partition coefficient (Wildman–Crippen LogP) is 3.24. The fourth-order valence-electron chi connectivity index (χ4n) is 2.49. The first-order valence-corrected chi connectivity index (χ1v) is 7.25. The molecule has 0 spiro atoms. The zero-order chi connectivity index (χ0) is 13.6. The molecular weight excluding hydrogens is 238 g/mol. The standard InChI is InChI=1S/C16H25NO2/c1-3-8-16(9-10-16)13-17-11-12-19-15-6-4-14(18-2)5-7-15/h4-7,17H,3,8-13H2,1-2H3. The summed E-state index contributed by atoms with van der Waals surface area (Å²) < 4.78 is 10.8. The van der Waals surface area contributed by atoms with E-state index < -0.39 is 0 Å². The SMILES string of the molecule is CCCC1(CNCCOc2ccc(OC)cc2)CC1. The molecule has 0 unspecified atom stereocenters. The van der Waals surface area contributed by atoms with Crippen LogP contribution in [-0.2, 0) is 0 Å². The Morgan fingerprint density at radius 2 is 1.84 bits per heavy atom. The second-order valence-corrected chi connectivity index (χ2v) is 5.45. The van der Waals surface area contributed by atoms with Crippen LogP contribution in [0.4, 0.5) is 0 Å². The van der Waals surface area contributed by atoms with E-state index in [1.54, 1.807) is 7.11 Å². The molecule has 0 bridgehead atoms. The van der Waals surface area contributed by atoms with Gasteiger partial charge in [0, 0.05) is 13.1 Å². The molecule has 0 heterocycles. The maximum Gasteiger partial charge on any atom is 0.119 e. The number of rotatable bonds is 9. The van der Waals surface area contributed by atoms with E-state index in [-0.39, 0.29) is 0 Å². The Hall–Kier alpha value is -1.22. The van der Waals surface area contributed by atoms with Crippen molar-refractivity contribution in [3.8, 4) is 11.5 Å². The molecule has 3 heteroatoms. The summed E-state index contributed by atoms with van der Waals surface area (Å²) in [5.74, 6) is 1.76. The maximum atomic E-state index is 5.68. The molecule has 0 aromatic heterocycles. The monoisotopic (exact) mass is 263 g/mol. The van der Waals surface area contributed by atoms with Crippen molar-refractivity contribution in [3.05, 3.63) is 24.3 Å². The van der Waals surface area contributed by atoms with E-state index in [0.29, 0.717) is 12.0 Å². The van der Waals surface area contributed by atoms with Gasteiger partial charge in [-0.15, -0.1) is 0 Å². The highest BCUT2D eigenvalue weighted by Gasteiger charge is 2.40. The Labute approximate surface area is 116 Å². The fourth-order valence-corrected chi connectivity index (χ4v) is 2.49. The molecule has 1 N–H and O–H groups in total. The first kappa shape index (κ1) is 14.2. The highest BCUT2D eigenvalue weighted by molar-refractivity contribution is 5.31. The van der Waals surface area contributed by atoms with Crippen molar-refractivity contribution in [2.75, 3.05) is 26.8 Å². The van der Waals surface area contributed by atoms with Gasteiger partial charge in [0.2, 0.25) is 0 Å². The minimum atomic E-state index is 0.620. The van der Waals surface area contributed by atoms with Crippen molar-refractivity contribution >= 4 is 0 Å². The molecule has 1 saturated carbocycles. The second-order valence-electron chi connectivity index (χ2n) is 5.45. The van der Waals surface area contributed by atoms with Gasteiger partial charge in [-0.2, -0.15) is 0 Å². The summed E-state index contributed by atoms with van der Waals surface area (Å²) in [6.45, 7) is 5.05. The third kappa shape index (κ3) is 4.43. The molecule has 106 valence electrons. The third-order valence-electron chi connectivity index (χ3n) is 3.84. The average molecular weight is 263 g/mol. The number of ether oxygens (including phenoxy) is 2. The van der Waals surface area contributed by atoms with Crippen LogP contribution >= 0.6 is 0 Å². The van der Waals surface area contributed by atoms with Gasteiger partial charge in [0.15, 0.2) is 0 Å². The molecule has 3 nitrogen and oxygen atoms in total. The highest BCUT2D eigenvalue weighted by Crippen LogP contribution is 2.48. The molecule has 0 radical (unpaired) electrons. The number of benzene rings is 1. The van der Waals surface area contributed by atoms with E-state index in [1.807, 2.05) is 24.3 Å². The van der Waals surface area contributed by atoms with Crippen molar-refractivity contribution in [1.29, 1.82) is 0 Å². The molecule has 2 rings (SSSR count). The Balaban J connectivity index is 1.59. The van der Waals surface area contributed by atoms with Gasteiger partial charge in [-0.05, 0) is 48.9 Å². The summed E-state index contributed by atoms with van der Waals surface area (Å²) >= 11 is 0. The smallest absolute Gasteiger partial charge is 0.119 e. The van der Waals surface area contributed by atoms with Crippen molar-refractivity contribution in [2.45, 2.75) is 32.6 Å². The molecule has 1 aliphatic carbocycles. The molecule has 0 atom stereocenters. The number of hydrogen-bond donors (Lipinski definition) is 1. The lowest BCUT2D eigenvalue weighted by Crippen LogP contribution is -2.28. The van der Waals surface area contributed by atoms with E-state index in [2.05, 4.69) is 12.2 Å². The first-order chi connectivity index (χ1) is 9.28. The minimum Gasteiger partial charge on any atom is -0.497 e. The van der Waals surface area contributed by atoms with Gasteiger partial charge in [0.1, 0.15) is 18.1 Å². The van der Waals surface area contributed by atoms with E-state index in [9.17, 15) is 0 Å². The zero-order valence-electron chi connectivity index (χ0n) is 12.1. The van der Waals surface area contributed by atoms with Crippen LogP contribution in [0.1, 0.15) is 32.6 Å². The van der Waals surface area contributed by atoms with Crippen molar-refractivity contribution in [1.82, 2.24) is 5.32 Å². The van der Waals surface area contributed by atoms with Crippen LogP contribution in [0.2, 0.25) is 0 Å². The molecule has 0 aliphatic heterocycles. The van der Waals surface area contributed by atoms with Gasteiger partial charge in [-0.3, -0.25) is 0 Å². The maximum absolute atomic E-state index is 5.68. The summed E-state index contributed by atoms with van der Waals surface area (Å²) in [5, 5.41) is 3.52. The highest BCUT2D eigenvalue weighted by atomic mass is 16.5. The molecule has 0 saturated heterocycles. The lowest BCUT2D eigenvalue weighted by molar-refractivity contribution is 0.303. The number of nitrogens with one attached hydrogen (secondary N) is 1. The first-order valence-electron chi connectivity index (χ1n) is 7.25. The van der Waals surface area contributed by atoms with Gasteiger partial charge in [-0.1, -0.05) is 13.3 Å². The summed E-state index contributed by atoms with van der Waals surface area (Å²) in [6, 6.07) is 7.73.